The van der Waals surface area contributed by atoms with Crippen LogP contribution in [0.25, 0.3) is 33.6 Å². The number of benzene rings is 2. The van der Waals surface area contributed by atoms with Crippen molar-refractivity contribution < 1.29 is 28.1 Å². The van der Waals surface area contributed by atoms with E-state index in [2.05, 4.69) is 4.98 Å². The maximum absolute atomic E-state index is 6.29. The van der Waals surface area contributed by atoms with Gasteiger partial charge in [0.2, 0.25) is 5.75 Å². The van der Waals surface area contributed by atoms with Gasteiger partial charge in [0.25, 0.3) is 0 Å². The molecule has 2 aromatic heterocycles. The molecule has 0 bridgehead atoms. The number of pyridine rings is 1. The molecular weight excluding hydrogens is 398 g/mol. The Morgan fingerprint density at radius 2 is 1.32 bits per heavy atom. The molecule has 0 saturated heterocycles. The van der Waals surface area contributed by atoms with E-state index in [1.165, 1.54) is 0 Å². The van der Waals surface area contributed by atoms with E-state index in [1.807, 2.05) is 42.5 Å². The first-order valence-corrected chi connectivity index (χ1v) is 9.55. The van der Waals surface area contributed by atoms with E-state index in [1.54, 1.807) is 41.7 Å². The van der Waals surface area contributed by atoms with Gasteiger partial charge in [0.05, 0.1) is 41.1 Å². The third kappa shape index (κ3) is 3.48. The molecule has 0 aliphatic carbocycles. The topological polar surface area (TPSA) is 72.2 Å². The SMILES string of the molecule is COc1cc(-c2cc3nccc(-c4c(OC)cccc4OC)c3o2)cc(OC)c1OC. The number of furan rings is 1. The number of hydrogen-bond donors (Lipinski definition) is 0. The smallest absolute Gasteiger partial charge is 0.203 e. The van der Waals surface area contributed by atoms with Gasteiger partial charge in [0.15, 0.2) is 17.1 Å². The van der Waals surface area contributed by atoms with Crippen molar-refractivity contribution in [2.75, 3.05) is 35.5 Å². The molecule has 160 valence electrons. The summed E-state index contributed by atoms with van der Waals surface area (Å²) in [5.74, 6) is 3.56. The Hall–Kier alpha value is -3.87. The lowest BCUT2D eigenvalue weighted by atomic mass is 10.0. The molecular formula is C24H23NO6. The van der Waals surface area contributed by atoms with Crippen LogP contribution in [0.5, 0.6) is 28.7 Å². The summed E-state index contributed by atoms with van der Waals surface area (Å²) in [7, 11) is 7.97. The molecule has 0 aliphatic heterocycles. The monoisotopic (exact) mass is 421 g/mol. The molecule has 0 atom stereocenters. The van der Waals surface area contributed by atoms with Crippen LogP contribution in [-0.4, -0.2) is 40.5 Å². The Kier molecular flexibility index (Phi) is 5.58. The quantitative estimate of drug-likeness (QED) is 0.406. The van der Waals surface area contributed by atoms with Crippen LogP contribution in [0.15, 0.2) is 53.1 Å². The lowest BCUT2D eigenvalue weighted by Crippen LogP contribution is -1.95. The summed E-state index contributed by atoms with van der Waals surface area (Å²) in [5, 5.41) is 0. The molecule has 7 nitrogen and oxygen atoms in total. The van der Waals surface area contributed by atoms with E-state index >= 15 is 0 Å². The first kappa shape index (κ1) is 20.4. The van der Waals surface area contributed by atoms with Crippen LogP contribution >= 0.6 is 0 Å². The fourth-order valence-electron chi connectivity index (χ4n) is 3.62. The first-order valence-electron chi connectivity index (χ1n) is 9.55. The molecule has 4 rings (SSSR count). The second-order valence-electron chi connectivity index (χ2n) is 6.64. The fraction of sp³-hybridized carbons (Fsp3) is 0.208. The molecule has 0 saturated carbocycles. The summed E-state index contributed by atoms with van der Waals surface area (Å²) in [6.45, 7) is 0. The van der Waals surface area contributed by atoms with Crippen molar-refractivity contribution in [2.24, 2.45) is 0 Å². The summed E-state index contributed by atoms with van der Waals surface area (Å²) in [6.07, 6.45) is 1.73. The van der Waals surface area contributed by atoms with Crippen LogP contribution < -0.4 is 23.7 Å². The summed E-state index contributed by atoms with van der Waals surface area (Å²) in [6, 6.07) is 13.1. The minimum Gasteiger partial charge on any atom is -0.496 e. The summed E-state index contributed by atoms with van der Waals surface area (Å²) < 4.78 is 33.8. The average molecular weight is 421 g/mol. The fourth-order valence-corrected chi connectivity index (χ4v) is 3.62. The van der Waals surface area contributed by atoms with Gasteiger partial charge in [-0.3, -0.25) is 4.98 Å². The molecule has 2 heterocycles. The highest BCUT2D eigenvalue weighted by molar-refractivity contribution is 5.96. The van der Waals surface area contributed by atoms with Gasteiger partial charge < -0.3 is 28.1 Å². The third-order valence-electron chi connectivity index (χ3n) is 5.06. The van der Waals surface area contributed by atoms with Gasteiger partial charge in [-0.1, -0.05) is 6.07 Å². The molecule has 0 fully saturated rings. The van der Waals surface area contributed by atoms with Crippen molar-refractivity contribution in [3.63, 3.8) is 0 Å². The highest BCUT2D eigenvalue weighted by Gasteiger charge is 2.21. The van der Waals surface area contributed by atoms with Crippen LogP contribution in [0.2, 0.25) is 0 Å². The van der Waals surface area contributed by atoms with Crippen molar-refractivity contribution >= 4 is 11.1 Å². The van der Waals surface area contributed by atoms with E-state index in [0.717, 1.165) is 16.7 Å². The Morgan fingerprint density at radius 3 is 1.87 bits per heavy atom. The molecule has 0 unspecified atom stereocenters. The van der Waals surface area contributed by atoms with Gasteiger partial charge in [0.1, 0.15) is 22.8 Å². The molecule has 4 aromatic rings. The van der Waals surface area contributed by atoms with Crippen molar-refractivity contribution in [2.45, 2.75) is 0 Å². The average Bonchev–Trinajstić information content (AvgIpc) is 3.27. The van der Waals surface area contributed by atoms with Crippen molar-refractivity contribution in [3.05, 3.63) is 48.7 Å². The number of rotatable bonds is 7. The van der Waals surface area contributed by atoms with E-state index < -0.39 is 0 Å². The predicted octanol–water partition coefficient (Wildman–Crippen LogP) is 5.20. The lowest BCUT2D eigenvalue weighted by molar-refractivity contribution is 0.324. The summed E-state index contributed by atoms with van der Waals surface area (Å²) >= 11 is 0. The van der Waals surface area contributed by atoms with Gasteiger partial charge in [-0.15, -0.1) is 0 Å². The standard InChI is InChI=1S/C24H23NO6/c1-26-17-7-6-8-18(27-2)22(17)15-9-10-25-16-13-19(31-23(15)16)14-11-20(28-3)24(30-5)21(12-14)29-4/h6-13H,1-5H3. The number of methoxy groups -OCH3 is 5. The highest BCUT2D eigenvalue weighted by atomic mass is 16.5. The molecule has 31 heavy (non-hydrogen) atoms. The Morgan fingerprint density at radius 1 is 0.710 bits per heavy atom. The van der Waals surface area contributed by atoms with Crippen molar-refractivity contribution in [1.82, 2.24) is 4.98 Å². The van der Waals surface area contributed by atoms with Crippen molar-refractivity contribution in [1.29, 1.82) is 0 Å². The predicted molar refractivity (Wildman–Crippen MR) is 118 cm³/mol. The summed E-state index contributed by atoms with van der Waals surface area (Å²) in [5.41, 5.74) is 3.71. The Bertz CT molecular complexity index is 1180. The maximum atomic E-state index is 6.29. The molecule has 7 heteroatoms. The van der Waals surface area contributed by atoms with E-state index in [4.69, 9.17) is 28.1 Å². The van der Waals surface area contributed by atoms with Crippen LogP contribution in [0, 0.1) is 0 Å². The highest BCUT2D eigenvalue weighted by Crippen LogP contribution is 2.45. The Balaban J connectivity index is 1.93. The summed E-state index contributed by atoms with van der Waals surface area (Å²) in [4.78, 5) is 4.48. The maximum Gasteiger partial charge on any atom is 0.203 e. The third-order valence-corrected chi connectivity index (χ3v) is 5.06. The second-order valence-corrected chi connectivity index (χ2v) is 6.64. The van der Waals surface area contributed by atoms with Crippen molar-refractivity contribution in [3.8, 4) is 51.2 Å². The largest absolute Gasteiger partial charge is 0.496 e. The van der Waals surface area contributed by atoms with E-state index in [0.29, 0.717) is 45.6 Å². The van der Waals surface area contributed by atoms with Crippen LogP contribution in [-0.2, 0) is 0 Å². The van der Waals surface area contributed by atoms with Crippen LogP contribution in [0.1, 0.15) is 0 Å². The molecule has 0 radical (unpaired) electrons. The van der Waals surface area contributed by atoms with Crippen LogP contribution in [0.4, 0.5) is 0 Å². The zero-order valence-corrected chi connectivity index (χ0v) is 18.0. The Labute approximate surface area is 180 Å². The van der Waals surface area contributed by atoms with E-state index in [-0.39, 0.29) is 0 Å². The van der Waals surface area contributed by atoms with Gasteiger partial charge >= 0.3 is 0 Å². The van der Waals surface area contributed by atoms with E-state index in [9.17, 15) is 0 Å². The van der Waals surface area contributed by atoms with Gasteiger partial charge in [-0.05, 0) is 30.3 Å². The number of nitrogens with zero attached hydrogens (tertiary/aromatic N) is 1. The van der Waals surface area contributed by atoms with Crippen LogP contribution in [0.3, 0.4) is 0 Å². The molecule has 2 aromatic carbocycles. The number of hydrogen-bond acceptors (Lipinski definition) is 7. The minimum atomic E-state index is 0.516. The lowest BCUT2D eigenvalue weighted by Gasteiger charge is -2.13. The normalized spacial score (nSPS) is 10.7. The zero-order chi connectivity index (χ0) is 22.0. The first-order chi connectivity index (χ1) is 15.1. The zero-order valence-electron chi connectivity index (χ0n) is 18.0. The van der Waals surface area contributed by atoms with Gasteiger partial charge in [-0.2, -0.15) is 0 Å². The molecule has 0 spiro atoms. The number of fused-ring (bicyclic) bond motifs is 1. The number of aromatic nitrogens is 1. The minimum absolute atomic E-state index is 0.516. The van der Waals surface area contributed by atoms with Gasteiger partial charge in [-0.25, -0.2) is 0 Å². The number of ether oxygens (including phenoxy) is 5. The molecule has 0 N–H and O–H groups in total. The second kappa shape index (κ2) is 8.47. The molecule has 0 aliphatic rings. The molecule has 0 amide bonds. The van der Waals surface area contributed by atoms with Gasteiger partial charge in [0, 0.05) is 23.4 Å².